The van der Waals surface area contributed by atoms with E-state index in [-0.39, 0.29) is 11.4 Å². The molecule has 0 saturated carbocycles. The molecule has 26 heavy (non-hydrogen) atoms. The predicted molar refractivity (Wildman–Crippen MR) is 104 cm³/mol. The molecule has 2 aromatic carbocycles. The molecule has 0 fully saturated rings. The molecule has 3 aromatic rings. The largest absolute Gasteiger partial charge is 0.496 e. The number of aromatic nitrogens is 1. The molecule has 0 aliphatic carbocycles. The maximum atomic E-state index is 12.8. The van der Waals surface area contributed by atoms with E-state index >= 15 is 0 Å². The lowest BCUT2D eigenvalue weighted by atomic mass is 10.1. The van der Waals surface area contributed by atoms with Crippen LogP contribution in [0.3, 0.4) is 0 Å². The summed E-state index contributed by atoms with van der Waals surface area (Å²) in [5, 5.41) is 2.87. The quantitative estimate of drug-likeness (QED) is 0.695. The number of hydrogen-bond donors (Lipinski definition) is 1. The van der Waals surface area contributed by atoms with E-state index in [0.717, 1.165) is 21.8 Å². The highest BCUT2D eigenvalue weighted by Crippen LogP contribution is 2.26. The summed E-state index contributed by atoms with van der Waals surface area (Å²) in [5.74, 6) is 0.652. The first-order valence-electron chi connectivity index (χ1n) is 8.05. The highest BCUT2D eigenvalue weighted by molar-refractivity contribution is 7.89. The van der Waals surface area contributed by atoms with Crippen LogP contribution in [0, 0.1) is 13.8 Å². The first-order valence-corrected chi connectivity index (χ1v) is 10.4. The van der Waals surface area contributed by atoms with Gasteiger partial charge in [0.15, 0.2) is 0 Å². The van der Waals surface area contributed by atoms with Crippen LogP contribution >= 0.6 is 11.3 Å². The molecule has 0 spiro atoms. The normalized spacial score (nSPS) is 11.5. The SMILES string of the molecule is COc1ccccc1CNS(=O)(=O)c1cc(-c2csc(C)n2)ccc1C. The molecule has 0 atom stereocenters. The van der Waals surface area contributed by atoms with Crippen LogP contribution in [0.5, 0.6) is 5.75 Å². The Morgan fingerprint density at radius 2 is 1.92 bits per heavy atom. The van der Waals surface area contributed by atoms with E-state index in [9.17, 15) is 8.42 Å². The molecular formula is C19H20N2O3S2. The van der Waals surface area contributed by atoms with Gasteiger partial charge >= 0.3 is 0 Å². The first kappa shape index (κ1) is 18.6. The molecule has 136 valence electrons. The van der Waals surface area contributed by atoms with Crippen molar-refractivity contribution in [3.63, 3.8) is 0 Å². The second kappa shape index (κ2) is 7.57. The van der Waals surface area contributed by atoms with Crippen molar-refractivity contribution in [2.24, 2.45) is 0 Å². The van der Waals surface area contributed by atoms with Gasteiger partial charge in [0, 0.05) is 23.1 Å². The van der Waals surface area contributed by atoms with E-state index in [4.69, 9.17) is 4.74 Å². The smallest absolute Gasteiger partial charge is 0.241 e. The standard InChI is InChI=1S/C19H20N2O3S2/c1-13-8-9-15(17-12-25-14(2)21-17)10-19(13)26(22,23)20-11-16-6-4-5-7-18(16)24-3/h4-10,12,20H,11H2,1-3H3. The Morgan fingerprint density at radius 1 is 1.15 bits per heavy atom. The van der Waals surface area contributed by atoms with Crippen LogP contribution in [0.4, 0.5) is 0 Å². The van der Waals surface area contributed by atoms with E-state index in [0.29, 0.717) is 11.3 Å². The summed E-state index contributed by atoms with van der Waals surface area (Å²) in [4.78, 5) is 4.70. The second-order valence-corrected chi connectivity index (χ2v) is 8.67. The van der Waals surface area contributed by atoms with Crippen LogP contribution in [0.15, 0.2) is 52.7 Å². The van der Waals surface area contributed by atoms with Crippen molar-refractivity contribution < 1.29 is 13.2 Å². The van der Waals surface area contributed by atoms with E-state index < -0.39 is 10.0 Å². The van der Waals surface area contributed by atoms with Gasteiger partial charge in [-0.25, -0.2) is 18.1 Å². The van der Waals surface area contributed by atoms with Gasteiger partial charge in [0.05, 0.1) is 22.7 Å². The number of hydrogen-bond acceptors (Lipinski definition) is 5. The zero-order chi connectivity index (χ0) is 18.7. The van der Waals surface area contributed by atoms with Crippen molar-refractivity contribution in [1.82, 2.24) is 9.71 Å². The van der Waals surface area contributed by atoms with Gasteiger partial charge in [0.2, 0.25) is 10.0 Å². The van der Waals surface area contributed by atoms with Crippen LogP contribution in [0.25, 0.3) is 11.3 Å². The van der Waals surface area contributed by atoms with Gasteiger partial charge in [-0.1, -0.05) is 30.3 Å². The lowest BCUT2D eigenvalue weighted by Crippen LogP contribution is -2.24. The Morgan fingerprint density at radius 3 is 2.62 bits per heavy atom. The minimum absolute atomic E-state index is 0.159. The highest BCUT2D eigenvalue weighted by atomic mass is 32.2. The van der Waals surface area contributed by atoms with Gasteiger partial charge in [-0.15, -0.1) is 11.3 Å². The summed E-state index contributed by atoms with van der Waals surface area (Å²) in [6.07, 6.45) is 0. The molecule has 1 aromatic heterocycles. The van der Waals surface area contributed by atoms with Crippen LogP contribution in [0.1, 0.15) is 16.1 Å². The van der Waals surface area contributed by atoms with Crippen LogP contribution in [-0.4, -0.2) is 20.5 Å². The number of ether oxygens (including phenoxy) is 1. The zero-order valence-corrected chi connectivity index (χ0v) is 16.4. The van der Waals surface area contributed by atoms with Gasteiger partial charge in [-0.05, 0) is 31.5 Å². The molecule has 0 amide bonds. The zero-order valence-electron chi connectivity index (χ0n) is 14.8. The number of nitrogens with one attached hydrogen (secondary N) is 1. The third-order valence-electron chi connectivity index (χ3n) is 4.04. The van der Waals surface area contributed by atoms with Crippen molar-refractivity contribution in [2.75, 3.05) is 7.11 Å². The van der Waals surface area contributed by atoms with E-state index in [1.54, 1.807) is 26.2 Å². The van der Waals surface area contributed by atoms with Gasteiger partial charge in [-0.3, -0.25) is 0 Å². The monoisotopic (exact) mass is 388 g/mol. The molecule has 0 unspecified atom stereocenters. The van der Waals surface area contributed by atoms with Crippen LogP contribution in [-0.2, 0) is 16.6 Å². The molecular weight excluding hydrogens is 368 g/mol. The van der Waals surface area contributed by atoms with E-state index in [2.05, 4.69) is 9.71 Å². The lowest BCUT2D eigenvalue weighted by molar-refractivity contribution is 0.409. The number of aryl methyl sites for hydroxylation is 2. The average molecular weight is 389 g/mol. The summed E-state index contributed by atoms with van der Waals surface area (Å²) in [5.41, 5.74) is 3.04. The number of methoxy groups -OCH3 is 1. The molecule has 0 saturated heterocycles. The van der Waals surface area contributed by atoms with Gasteiger partial charge in [-0.2, -0.15) is 0 Å². The lowest BCUT2D eigenvalue weighted by Gasteiger charge is -2.12. The minimum Gasteiger partial charge on any atom is -0.496 e. The fourth-order valence-electron chi connectivity index (χ4n) is 2.64. The molecule has 0 radical (unpaired) electrons. The van der Waals surface area contributed by atoms with Crippen molar-refractivity contribution >= 4 is 21.4 Å². The summed E-state index contributed by atoms with van der Waals surface area (Å²) < 4.78 is 33.6. The molecule has 0 aliphatic rings. The maximum absolute atomic E-state index is 12.8. The summed E-state index contributed by atoms with van der Waals surface area (Å²) in [6.45, 7) is 3.87. The van der Waals surface area contributed by atoms with Crippen LogP contribution in [0.2, 0.25) is 0 Å². The Kier molecular flexibility index (Phi) is 5.41. The van der Waals surface area contributed by atoms with Gasteiger partial charge in [0.1, 0.15) is 5.75 Å². The number of nitrogens with zero attached hydrogens (tertiary/aromatic N) is 1. The molecule has 1 heterocycles. The van der Waals surface area contributed by atoms with Gasteiger partial charge < -0.3 is 4.74 Å². The Balaban J connectivity index is 1.89. The Labute approximate surface area is 157 Å². The predicted octanol–water partition coefficient (Wildman–Crippen LogP) is 3.91. The molecule has 7 heteroatoms. The highest BCUT2D eigenvalue weighted by Gasteiger charge is 2.19. The molecule has 1 N–H and O–H groups in total. The van der Waals surface area contributed by atoms with E-state index in [1.165, 1.54) is 11.3 Å². The van der Waals surface area contributed by atoms with Crippen molar-refractivity contribution in [1.29, 1.82) is 0 Å². The van der Waals surface area contributed by atoms with Crippen molar-refractivity contribution in [3.05, 3.63) is 64.0 Å². The summed E-state index contributed by atoms with van der Waals surface area (Å²) in [6, 6.07) is 12.7. The van der Waals surface area contributed by atoms with Crippen LogP contribution < -0.4 is 9.46 Å². The number of benzene rings is 2. The number of thiazole rings is 1. The molecule has 3 rings (SSSR count). The number of rotatable bonds is 6. The minimum atomic E-state index is -3.67. The van der Waals surface area contributed by atoms with Crippen molar-refractivity contribution in [2.45, 2.75) is 25.3 Å². The number of sulfonamides is 1. The second-order valence-electron chi connectivity index (χ2n) is 5.87. The molecule has 5 nitrogen and oxygen atoms in total. The third-order valence-corrected chi connectivity index (χ3v) is 6.35. The number of para-hydroxylation sites is 1. The summed E-state index contributed by atoms with van der Waals surface area (Å²) >= 11 is 1.54. The first-order chi connectivity index (χ1) is 12.4. The average Bonchev–Trinajstić information content (AvgIpc) is 3.07. The fraction of sp³-hybridized carbons (Fsp3) is 0.211. The molecule has 0 aliphatic heterocycles. The topological polar surface area (TPSA) is 68.3 Å². The molecule has 0 bridgehead atoms. The van der Waals surface area contributed by atoms with Crippen molar-refractivity contribution in [3.8, 4) is 17.0 Å². The third kappa shape index (κ3) is 3.95. The fourth-order valence-corrected chi connectivity index (χ4v) is 4.54. The van der Waals surface area contributed by atoms with Gasteiger partial charge in [0.25, 0.3) is 0 Å². The Bertz CT molecular complexity index is 1030. The summed E-state index contributed by atoms with van der Waals surface area (Å²) in [7, 11) is -2.10. The Hall–Kier alpha value is -2.22. The van der Waals surface area contributed by atoms with E-state index in [1.807, 2.05) is 42.6 Å². The maximum Gasteiger partial charge on any atom is 0.241 e.